The fourth-order valence-corrected chi connectivity index (χ4v) is 3.01. The van der Waals surface area contributed by atoms with Crippen molar-refractivity contribution in [2.45, 2.75) is 13.3 Å². The second-order valence-electron chi connectivity index (χ2n) is 7.08. The normalized spacial score (nSPS) is 10.5. The van der Waals surface area contributed by atoms with Crippen LogP contribution in [0.2, 0.25) is 0 Å². The van der Waals surface area contributed by atoms with Gasteiger partial charge in [0, 0.05) is 0 Å². The molecule has 0 aliphatic carbocycles. The fourth-order valence-electron chi connectivity index (χ4n) is 3.01. The Morgan fingerprint density at radius 3 is 2.47 bits per heavy atom. The van der Waals surface area contributed by atoms with Gasteiger partial charge in [0.25, 0.3) is 5.91 Å². The molecule has 3 rings (SSSR count). The first-order valence-corrected chi connectivity index (χ1v) is 10.8. The van der Waals surface area contributed by atoms with Crippen molar-refractivity contribution in [2.24, 2.45) is 5.10 Å². The lowest BCUT2D eigenvalue weighted by atomic mass is 10.1. The van der Waals surface area contributed by atoms with Crippen LogP contribution in [-0.4, -0.2) is 31.3 Å². The van der Waals surface area contributed by atoms with Crippen molar-refractivity contribution in [1.29, 1.82) is 0 Å². The average molecular weight is 459 g/mol. The SMILES string of the molecule is C=CCc1ccccc1OCC(=O)NN=Cc1ccc(OC(=O)c2ccccc2)c(OCC)c1. The first kappa shape index (κ1) is 24.3. The van der Waals surface area contributed by atoms with Crippen molar-refractivity contribution >= 4 is 18.1 Å². The predicted molar refractivity (Wildman–Crippen MR) is 131 cm³/mol. The van der Waals surface area contributed by atoms with Crippen LogP contribution in [0.4, 0.5) is 0 Å². The number of carbonyl (C=O) groups excluding carboxylic acids is 2. The van der Waals surface area contributed by atoms with Gasteiger partial charge in [-0.05, 0) is 60.9 Å². The zero-order valence-electron chi connectivity index (χ0n) is 18.9. The van der Waals surface area contributed by atoms with Crippen molar-refractivity contribution < 1.29 is 23.8 Å². The first-order valence-electron chi connectivity index (χ1n) is 10.8. The van der Waals surface area contributed by atoms with Gasteiger partial charge in [-0.25, -0.2) is 10.2 Å². The van der Waals surface area contributed by atoms with Gasteiger partial charge in [0.15, 0.2) is 18.1 Å². The van der Waals surface area contributed by atoms with Crippen molar-refractivity contribution in [1.82, 2.24) is 5.43 Å². The molecule has 0 aliphatic rings. The number of carbonyl (C=O) groups is 2. The minimum absolute atomic E-state index is 0.177. The molecule has 0 saturated heterocycles. The number of nitrogens with one attached hydrogen (secondary N) is 1. The van der Waals surface area contributed by atoms with Gasteiger partial charge in [0.1, 0.15) is 5.75 Å². The molecule has 7 heteroatoms. The maximum Gasteiger partial charge on any atom is 0.343 e. The topological polar surface area (TPSA) is 86.2 Å². The molecule has 34 heavy (non-hydrogen) atoms. The van der Waals surface area contributed by atoms with Crippen molar-refractivity contribution in [3.05, 3.63) is 102 Å². The van der Waals surface area contributed by atoms with Gasteiger partial charge in [-0.3, -0.25) is 4.79 Å². The Kier molecular flexibility index (Phi) is 8.99. The van der Waals surface area contributed by atoms with Gasteiger partial charge in [-0.1, -0.05) is 42.5 Å². The summed E-state index contributed by atoms with van der Waals surface area (Å²) in [5.41, 5.74) is 4.47. The fraction of sp³-hybridized carbons (Fsp3) is 0.148. The van der Waals surface area contributed by atoms with Crippen LogP contribution < -0.4 is 19.6 Å². The molecule has 0 spiro atoms. The zero-order valence-corrected chi connectivity index (χ0v) is 18.9. The number of esters is 1. The monoisotopic (exact) mass is 458 g/mol. The third-order valence-corrected chi connectivity index (χ3v) is 4.58. The van der Waals surface area contributed by atoms with E-state index >= 15 is 0 Å². The lowest BCUT2D eigenvalue weighted by Gasteiger charge is -2.11. The van der Waals surface area contributed by atoms with E-state index in [2.05, 4.69) is 17.1 Å². The molecule has 0 unspecified atom stereocenters. The molecule has 0 aromatic heterocycles. The average Bonchev–Trinajstić information content (AvgIpc) is 2.86. The Labute approximate surface area is 198 Å². The minimum Gasteiger partial charge on any atom is -0.490 e. The molecule has 0 heterocycles. The van der Waals surface area contributed by atoms with Gasteiger partial charge in [0.05, 0.1) is 18.4 Å². The van der Waals surface area contributed by atoms with Gasteiger partial charge < -0.3 is 14.2 Å². The molecule has 0 radical (unpaired) electrons. The molecular weight excluding hydrogens is 432 g/mol. The van der Waals surface area contributed by atoms with E-state index < -0.39 is 11.9 Å². The van der Waals surface area contributed by atoms with E-state index in [9.17, 15) is 9.59 Å². The van der Waals surface area contributed by atoms with Crippen LogP contribution >= 0.6 is 0 Å². The number of allylic oxidation sites excluding steroid dienone is 1. The van der Waals surface area contributed by atoms with E-state index in [1.165, 1.54) is 6.21 Å². The molecule has 0 bridgehead atoms. The quantitative estimate of drug-likeness (QED) is 0.150. The molecule has 174 valence electrons. The van der Waals surface area contributed by atoms with Crippen LogP contribution in [0.5, 0.6) is 17.2 Å². The molecule has 7 nitrogen and oxygen atoms in total. The summed E-state index contributed by atoms with van der Waals surface area (Å²) in [6, 6.07) is 21.2. The van der Waals surface area contributed by atoms with Crippen LogP contribution in [0.15, 0.2) is 90.6 Å². The van der Waals surface area contributed by atoms with Gasteiger partial charge in [-0.15, -0.1) is 6.58 Å². The Hall–Kier alpha value is -4.39. The van der Waals surface area contributed by atoms with Gasteiger partial charge in [0.2, 0.25) is 0 Å². The molecule has 1 N–H and O–H groups in total. The number of amides is 1. The second-order valence-corrected chi connectivity index (χ2v) is 7.08. The van der Waals surface area contributed by atoms with E-state index in [0.717, 1.165) is 5.56 Å². The highest BCUT2D eigenvalue weighted by Gasteiger charge is 2.13. The maximum atomic E-state index is 12.4. The summed E-state index contributed by atoms with van der Waals surface area (Å²) in [6.45, 7) is 5.77. The summed E-state index contributed by atoms with van der Waals surface area (Å²) in [4.78, 5) is 24.5. The number of nitrogens with zero attached hydrogens (tertiary/aromatic N) is 1. The predicted octanol–water partition coefficient (Wildman–Crippen LogP) is 4.56. The Morgan fingerprint density at radius 1 is 0.941 bits per heavy atom. The summed E-state index contributed by atoms with van der Waals surface area (Å²) in [5, 5.41) is 3.97. The third kappa shape index (κ3) is 7.06. The smallest absolute Gasteiger partial charge is 0.343 e. The second kappa shape index (κ2) is 12.6. The number of para-hydroxylation sites is 1. The van der Waals surface area contributed by atoms with E-state index in [0.29, 0.717) is 41.4 Å². The largest absolute Gasteiger partial charge is 0.490 e. The lowest BCUT2D eigenvalue weighted by Crippen LogP contribution is -2.24. The maximum absolute atomic E-state index is 12.4. The van der Waals surface area contributed by atoms with E-state index in [1.807, 2.05) is 31.2 Å². The number of hydrazone groups is 1. The summed E-state index contributed by atoms with van der Waals surface area (Å²) < 4.78 is 16.7. The Morgan fingerprint density at radius 2 is 1.71 bits per heavy atom. The highest BCUT2D eigenvalue weighted by Crippen LogP contribution is 2.29. The van der Waals surface area contributed by atoms with Crippen LogP contribution in [0.1, 0.15) is 28.4 Å². The van der Waals surface area contributed by atoms with E-state index in [1.54, 1.807) is 54.6 Å². The molecule has 0 saturated carbocycles. The highest BCUT2D eigenvalue weighted by molar-refractivity contribution is 5.91. The van der Waals surface area contributed by atoms with Gasteiger partial charge in [-0.2, -0.15) is 5.10 Å². The number of rotatable bonds is 11. The number of hydrogen-bond acceptors (Lipinski definition) is 6. The van der Waals surface area contributed by atoms with Gasteiger partial charge >= 0.3 is 5.97 Å². The van der Waals surface area contributed by atoms with Crippen LogP contribution in [0.25, 0.3) is 0 Å². The molecule has 3 aromatic carbocycles. The highest BCUT2D eigenvalue weighted by atomic mass is 16.6. The summed E-state index contributed by atoms with van der Waals surface area (Å²) in [6.07, 6.45) is 3.89. The zero-order chi connectivity index (χ0) is 24.2. The summed E-state index contributed by atoms with van der Waals surface area (Å²) in [7, 11) is 0. The molecule has 3 aromatic rings. The van der Waals surface area contributed by atoms with Crippen LogP contribution in [0.3, 0.4) is 0 Å². The van der Waals surface area contributed by atoms with Crippen molar-refractivity contribution in [2.75, 3.05) is 13.2 Å². The first-order chi connectivity index (χ1) is 16.6. The van der Waals surface area contributed by atoms with E-state index in [4.69, 9.17) is 14.2 Å². The summed E-state index contributed by atoms with van der Waals surface area (Å²) >= 11 is 0. The number of ether oxygens (including phenoxy) is 3. The van der Waals surface area contributed by atoms with Crippen molar-refractivity contribution in [3.63, 3.8) is 0 Å². The lowest BCUT2D eigenvalue weighted by molar-refractivity contribution is -0.123. The number of benzene rings is 3. The Balaban J connectivity index is 1.59. The van der Waals surface area contributed by atoms with Crippen LogP contribution in [-0.2, 0) is 11.2 Å². The molecule has 0 aliphatic heterocycles. The standard InChI is InChI=1S/C27H26N2O5/c1-3-10-21-11-8-9-14-23(21)33-19-26(30)29-28-18-20-15-16-24(25(17-20)32-4-2)34-27(31)22-12-6-5-7-13-22/h3,5-9,11-18H,1,4,10,19H2,2H3,(H,29,30). The molecule has 0 fully saturated rings. The summed E-state index contributed by atoms with van der Waals surface area (Å²) in [5.74, 6) is 0.434. The minimum atomic E-state index is -0.482. The Bertz CT molecular complexity index is 1160. The molecular formula is C27H26N2O5. The number of hydrogen-bond donors (Lipinski definition) is 1. The molecule has 0 atom stereocenters. The van der Waals surface area contributed by atoms with Crippen molar-refractivity contribution in [3.8, 4) is 17.2 Å². The third-order valence-electron chi connectivity index (χ3n) is 4.58. The van der Waals surface area contributed by atoms with Crippen LogP contribution in [0, 0.1) is 0 Å². The molecule has 1 amide bonds. The van der Waals surface area contributed by atoms with E-state index in [-0.39, 0.29) is 6.61 Å².